The zero-order chi connectivity index (χ0) is 12.8. The summed E-state index contributed by atoms with van der Waals surface area (Å²) in [6.07, 6.45) is 10.9. The minimum absolute atomic E-state index is 0.737. The number of nitrogens with zero attached hydrogens (tertiary/aromatic N) is 2. The molecule has 0 spiro atoms. The van der Waals surface area contributed by atoms with Crippen LogP contribution in [0.2, 0.25) is 0 Å². The van der Waals surface area contributed by atoms with Crippen LogP contribution in [0.5, 0.6) is 0 Å². The van der Waals surface area contributed by atoms with Crippen LogP contribution in [0.25, 0.3) is 6.08 Å². The largest absolute Gasteiger partial charge is 0.316 e. The first-order valence-electron chi connectivity index (χ1n) is 6.94. The van der Waals surface area contributed by atoms with E-state index in [9.17, 15) is 0 Å². The van der Waals surface area contributed by atoms with Gasteiger partial charge in [-0.15, -0.1) is 0 Å². The third-order valence-corrected chi connectivity index (χ3v) is 3.64. The summed E-state index contributed by atoms with van der Waals surface area (Å²) in [4.78, 5) is 8.62. The molecule has 1 aliphatic rings. The monoisotopic (exact) mass is 245 g/mol. The molecule has 1 heterocycles. The summed E-state index contributed by atoms with van der Waals surface area (Å²) < 4.78 is 0. The van der Waals surface area contributed by atoms with Gasteiger partial charge in [-0.25, -0.2) is 9.97 Å². The Hall–Kier alpha value is -1.22. The molecule has 1 aromatic rings. The first-order valence-corrected chi connectivity index (χ1v) is 6.94. The third-order valence-electron chi connectivity index (χ3n) is 3.64. The molecule has 1 saturated carbocycles. The summed E-state index contributed by atoms with van der Waals surface area (Å²) in [5.74, 6) is 1.58. The SMILES string of the molecule is CNC/C(=C/c1ccnc(C)n1)C1CCCCC1. The van der Waals surface area contributed by atoms with Crippen molar-refractivity contribution in [2.75, 3.05) is 13.6 Å². The van der Waals surface area contributed by atoms with E-state index in [1.54, 1.807) is 0 Å². The minimum atomic E-state index is 0.737. The topological polar surface area (TPSA) is 37.8 Å². The van der Waals surface area contributed by atoms with Crippen molar-refractivity contribution < 1.29 is 0 Å². The average Bonchev–Trinajstić information content (AvgIpc) is 2.39. The zero-order valence-electron chi connectivity index (χ0n) is 11.4. The fraction of sp³-hybridized carbons (Fsp3) is 0.600. The Kier molecular flexibility index (Phi) is 4.88. The summed E-state index contributed by atoms with van der Waals surface area (Å²) >= 11 is 0. The summed E-state index contributed by atoms with van der Waals surface area (Å²) in [5.41, 5.74) is 2.54. The lowest BCUT2D eigenvalue weighted by Crippen LogP contribution is -2.19. The van der Waals surface area contributed by atoms with Gasteiger partial charge in [0.15, 0.2) is 0 Å². The van der Waals surface area contributed by atoms with Crippen molar-refractivity contribution in [3.8, 4) is 0 Å². The van der Waals surface area contributed by atoms with E-state index in [1.165, 1.54) is 37.7 Å². The molecule has 0 aliphatic heterocycles. The normalized spacial score (nSPS) is 18.0. The van der Waals surface area contributed by atoms with Crippen LogP contribution >= 0.6 is 0 Å². The summed E-state index contributed by atoms with van der Waals surface area (Å²) in [6, 6.07) is 1.99. The van der Waals surface area contributed by atoms with Crippen molar-refractivity contribution in [3.63, 3.8) is 0 Å². The molecule has 3 nitrogen and oxygen atoms in total. The fourth-order valence-corrected chi connectivity index (χ4v) is 2.74. The van der Waals surface area contributed by atoms with Crippen LogP contribution in [0.1, 0.15) is 43.6 Å². The first-order chi connectivity index (χ1) is 8.79. The Balaban J connectivity index is 2.17. The lowest BCUT2D eigenvalue weighted by molar-refractivity contribution is 0.398. The molecule has 18 heavy (non-hydrogen) atoms. The van der Waals surface area contributed by atoms with E-state index >= 15 is 0 Å². The summed E-state index contributed by atoms with van der Waals surface area (Å²) in [6.45, 7) is 2.91. The van der Waals surface area contributed by atoms with E-state index in [1.807, 2.05) is 26.2 Å². The number of hydrogen-bond donors (Lipinski definition) is 1. The van der Waals surface area contributed by atoms with Crippen molar-refractivity contribution in [1.29, 1.82) is 0 Å². The average molecular weight is 245 g/mol. The van der Waals surface area contributed by atoms with Gasteiger partial charge in [0, 0.05) is 12.7 Å². The number of rotatable bonds is 4. The maximum Gasteiger partial charge on any atom is 0.125 e. The van der Waals surface area contributed by atoms with E-state index in [2.05, 4.69) is 21.4 Å². The number of aromatic nitrogens is 2. The van der Waals surface area contributed by atoms with Gasteiger partial charge in [-0.05, 0) is 44.9 Å². The molecule has 0 aromatic carbocycles. The Morgan fingerprint density at radius 3 is 2.83 bits per heavy atom. The molecule has 0 unspecified atom stereocenters. The van der Waals surface area contributed by atoms with E-state index in [-0.39, 0.29) is 0 Å². The fourth-order valence-electron chi connectivity index (χ4n) is 2.74. The van der Waals surface area contributed by atoms with E-state index in [4.69, 9.17) is 0 Å². The first kappa shape index (κ1) is 13.2. The van der Waals surface area contributed by atoms with Gasteiger partial charge >= 0.3 is 0 Å². The molecule has 0 amide bonds. The van der Waals surface area contributed by atoms with E-state index in [0.717, 1.165) is 24.0 Å². The van der Waals surface area contributed by atoms with Crippen molar-refractivity contribution in [2.45, 2.75) is 39.0 Å². The summed E-state index contributed by atoms with van der Waals surface area (Å²) in [5, 5.41) is 3.29. The van der Waals surface area contributed by atoms with Crippen molar-refractivity contribution >= 4 is 6.08 Å². The zero-order valence-corrected chi connectivity index (χ0v) is 11.4. The highest BCUT2D eigenvalue weighted by atomic mass is 14.9. The number of aryl methyl sites for hydroxylation is 1. The minimum Gasteiger partial charge on any atom is -0.316 e. The molecule has 0 atom stereocenters. The predicted octanol–water partition coefficient (Wildman–Crippen LogP) is 2.97. The van der Waals surface area contributed by atoms with Gasteiger partial charge in [-0.3, -0.25) is 0 Å². The van der Waals surface area contributed by atoms with Crippen LogP contribution in [0, 0.1) is 12.8 Å². The van der Waals surface area contributed by atoms with Gasteiger partial charge in [-0.2, -0.15) is 0 Å². The highest BCUT2D eigenvalue weighted by Gasteiger charge is 2.17. The number of hydrogen-bond acceptors (Lipinski definition) is 3. The molecule has 2 rings (SSSR count). The van der Waals surface area contributed by atoms with Crippen molar-refractivity contribution in [1.82, 2.24) is 15.3 Å². The van der Waals surface area contributed by atoms with Gasteiger partial charge in [-0.1, -0.05) is 24.8 Å². The van der Waals surface area contributed by atoms with Crippen LogP contribution in [-0.4, -0.2) is 23.6 Å². The van der Waals surface area contributed by atoms with Crippen molar-refractivity contribution in [3.05, 3.63) is 29.4 Å². The van der Waals surface area contributed by atoms with Crippen LogP contribution in [0.3, 0.4) is 0 Å². The number of likely N-dealkylation sites (N-methyl/N-ethyl adjacent to an activating group) is 1. The second-order valence-corrected chi connectivity index (χ2v) is 5.11. The number of nitrogens with one attached hydrogen (secondary N) is 1. The molecule has 0 saturated heterocycles. The third kappa shape index (κ3) is 3.64. The molecular formula is C15H23N3. The van der Waals surface area contributed by atoms with Gasteiger partial charge in [0.1, 0.15) is 5.82 Å². The second kappa shape index (κ2) is 6.64. The molecule has 0 radical (unpaired) electrons. The highest BCUT2D eigenvalue weighted by Crippen LogP contribution is 2.30. The van der Waals surface area contributed by atoms with Gasteiger partial charge in [0.25, 0.3) is 0 Å². The Labute approximate surface area is 110 Å². The molecule has 0 bridgehead atoms. The maximum atomic E-state index is 4.47. The van der Waals surface area contributed by atoms with E-state index in [0.29, 0.717) is 0 Å². The molecule has 1 aliphatic carbocycles. The highest BCUT2D eigenvalue weighted by molar-refractivity contribution is 5.49. The summed E-state index contributed by atoms with van der Waals surface area (Å²) in [7, 11) is 2.02. The Morgan fingerprint density at radius 1 is 1.39 bits per heavy atom. The maximum absolute atomic E-state index is 4.47. The quantitative estimate of drug-likeness (QED) is 0.886. The second-order valence-electron chi connectivity index (χ2n) is 5.11. The van der Waals surface area contributed by atoms with Gasteiger partial charge in [0.05, 0.1) is 5.69 Å². The Morgan fingerprint density at radius 2 is 2.17 bits per heavy atom. The molecular weight excluding hydrogens is 222 g/mol. The van der Waals surface area contributed by atoms with Gasteiger partial charge in [0.2, 0.25) is 0 Å². The lowest BCUT2D eigenvalue weighted by Gasteiger charge is -2.24. The predicted molar refractivity (Wildman–Crippen MR) is 75.2 cm³/mol. The molecule has 1 fully saturated rings. The van der Waals surface area contributed by atoms with Crippen molar-refractivity contribution in [2.24, 2.45) is 5.92 Å². The Bertz CT molecular complexity index is 406. The van der Waals surface area contributed by atoms with E-state index < -0.39 is 0 Å². The lowest BCUT2D eigenvalue weighted by atomic mass is 9.83. The van der Waals surface area contributed by atoms with Crippen LogP contribution in [0.4, 0.5) is 0 Å². The van der Waals surface area contributed by atoms with Crippen LogP contribution in [0.15, 0.2) is 17.8 Å². The standard InChI is InChI=1S/C15H23N3/c1-12-17-9-8-15(18-12)10-14(11-16-2)13-6-4-3-5-7-13/h8-10,13,16H,3-7,11H2,1-2H3/b14-10-. The molecule has 98 valence electrons. The molecule has 1 aromatic heterocycles. The van der Waals surface area contributed by atoms with Crippen LogP contribution in [-0.2, 0) is 0 Å². The van der Waals surface area contributed by atoms with Crippen LogP contribution < -0.4 is 5.32 Å². The van der Waals surface area contributed by atoms with Gasteiger partial charge < -0.3 is 5.32 Å². The molecule has 3 heteroatoms. The smallest absolute Gasteiger partial charge is 0.125 e. The molecule has 1 N–H and O–H groups in total.